The van der Waals surface area contributed by atoms with Gasteiger partial charge in [0.05, 0.1) is 11.3 Å². The van der Waals surface area contributed by atoms with Crippen molar-refractivity contribution < 1.29 is 4.79 Å². The number of pyridine rings is 2. The number of amides is 1. The highest BCUT2D eigenvalue weighted by molar-refractivity contribution is 5.95. The van der Waals surface area contributed by atoms with Gasteiger partial charge >= 0.3 is 0 Å². The van der Waals surface area contributed by atoms with Crippen molar-refractivity contribution in [3.63, 3.8) is 0 Å². The van der Waals surface area contributed by atoms with E-state index in [1.165, 1.54) is 0 Å². The average molecular weight is 280 g/mol. The highest BCUT2D eigenvalue weighted by Gasteiger charge is 2.10. The zero-order chi connectivity index (χ0) is 14.8. The summed E-state index contributed by atoms with van der Waals surface area (Å²) in [5.74, 6) is -0.101. The molecule has 3 aromatic heterocycles. The smallest absolute Gasteiger partial charge is 0.252 e. The maximum absolute atomic E-state index is 11.7. The maximum atomic E-state index is 11.7. The molecule has 0 fully saturated rings. The fourth-order valence-electron chi connectivity index (χ4n) is 2.34. The minimum Gasteiger partial charge on any atom is -0.352 e. The summed E-state index contributed by atoms with van der Waals surface area (Å²) in [6.07, 6.45) is 5.36. The van der Waals surface area contributed by atoms with Crippen molar-refractivity contribution in [2.24, 2.45) is 7.05 Å². The van der Waals surface area contributed by atoms with Crippen molar-refractivity contribution in [1.82, 2.24) is 19.9 Å². The molecule has 0 aliphatic rings. The van der Waals surface area contributed by atoms with Crippen LogP contribution in [0.5, 0.6) is 0 Å². The first kappa shape index (κ1) is 13.3. The Balaban J connectivity index is 2.01. The number of rotatable bonds is 3. The van der Waals surface area contributed by atoms with E-state index in [2.05, 4.69) is 15.3 Å². The quantitative estimate of drug-likeness (QED) is 0.801. The summed E-state index contributed by atoms with van der Waals surface area (Å²) in [5.41, 5.74) is 3.34. The summed E-state index contributed by atoms with van der Waals surface area (Å²) in [5, 5.41) is 3.82. The fourth-order valence-corrected chi connectivity index (χ4v) is 2.34. The van der Waals surface area contributed by atoms with Gasteiger partial charge in [0.15, 0.2) is 0 Å². The molecule has 3 rings (SSSR count). The highest BCUT2D eigenvalue weighted by atomic mass is 16.1. The molecule has 0 bridgehead atoms. The van der Waals surface area contributed by atoms with Gasteiger partial charge in [-0.15, -0.1) is 0 Å². The second-order valence-corrected chi connectivity index (χ2v) is 4.81. The molecule has 106 valence electrons. The Morgan fingerprint density at radius 2 is 2.10 bits per heavy atom. The van der Waals surface area contributed by atoms with E-state index in [0.29, 0.717) is 12.1 Å². The van der Waals surface area contributed by atoms with Crippen LogP contribution in [0.2, 0.25) is 0 Å². The third-order valence-electron chi connectivity index (χ3n) is 3.41. The number of carbonyl (C=O) groups excluding carboxylic acids is 1. The van der Waals surface area contributed by atoms with E-state index in [0.717, 1.165) is 22.3 Å². The number of carbonyl (C=O) groups is 1. The molecule has 3 aromatic rings. The Bertz CT molecular complexity index is 790. The maximum Gasteiger partial charge on any atom is 0.252 e. The van der Waals surface area contributed by atoms with Crippen molar-refractivity contribution in [3.05, 3.63) is 48.4 Å². The number of hydrogen-bond acceptors (Lipinski definition) is 3. The van der Waals surface area contributed by atoms with Gasteiger partial charge in [-0.2, -0.15) is 0 Å². The first-order chi connectivity index (χ1) is 10.2. The van der Waals surface area contributed by atoms with E-state index >= 15 is 0 Å². The van der Waals surface area contributed by atoms with E-state index in [1.807, 2.05) is 42.9 Å². The second-order valence-electron chi connectivity index (χ2n) is 4.81. The summed E-state index contributed by atoms with van der Waals surface area (Å²) < 4.78 is 1.97. The van der Waals surface area contributed by atoms with Crippen LogP contribution in [-0.4, -0.2) is 27.0 Å². The Morgan fingerprint density at radius 1 is 1.24 bits per heavy atom. The standard InChI is InChI=1S/C16H16N4O/c1-3-17-16(21)11-4-5-14(19-10-11)12-6-8-18-15-13(12)7-9-20(15)2/h4-10H,3H2,1-2H3,(H,17,21). The van der Waals surface area contributed by atoms with Crippen LogP contribution in [-0.2, 0) is 7.05 Å². The molecular weight excluding hydrogens is 264 g/mol. The molecule has 0 unspecified atom stereocenters. The Labute approximate surface area is 122 Å². The molecule has 0 aromatic carbocycles. The average Bonchev–Trinajstić information content (AvgIpc) is 2.89. The van der Waals surface area contributed by atoms with Crippen LogP contribution in [0.1, 0.15) is 17.3 Å². The molecule has 1 N–H and O–H groups in total. The van der Waals surface area contributed by atoms with Gasteiger partial charge in [-0.3, -0.25) is 9.78 Å². The van der Waals surface area contributed by atoms with Crippen LogP contribution in [0.25, 0.3) is 22.3 Å². The molecule has 0 aliphatic heterocycles. The number of aryl methyl sites for hydroxylation is 1. The lowest BCUT2D eigenvalue weighted by molar-refractivity contribution is 0.0955. The van der Waals surface area contributed by atoms with Gasteiger partial charge in [-0.1, -0.05) is 0 Å². The molecule has 1 amide bonds. The summed E-state index contributed by atoms with van der Waals surface area (Å²) in [6.45, 7) is 2.50. The van der Waals surface area contributed by atoms with Gasteiger partial charge < -0.3 is 9.88 Å². The number of fused-ring (bicyclic) bond motifs is 1. The molecule has 21 heavy (non-hydrogen) atoms. The van der Waals surface area contributed by atoms with Crippen LogP contribution in [0.3, 0.4) is 0 Å². The molecule has 0 saturated carbocycles. The second kappa shape index (κ2) is 5.36. The van der Waals surface area contributed by atoms with Crippen LogP contribution < -0.4 is 5.32 Å². The molecule has 0 aliphatic carbocycles. The number of aromatic nitrogens is 3. The van der Waals surface area contributed by atoms with Crippen molar-refractivity contribution >= 4 is 16.9 Å². The van der Waals surface area contributed by atoms with Crippen molar-refractivity contribution in [2.45, 2.75) is 6.92 Å². The third kappa shape index (κ3) is 2.38. The largest absolute Gasteiger partial charge is 0.352 e. The fraction of sp³-hybridized carbons (Fsp3) is 0.188. The lowest BCUT2D eigenvalue weighted by Crippen LogP contribution is -2.22. The molecule has 0 spiro atoms. The van der Waals surface area contributed by atoms with Crippen LogP contribution in [0, 0.1) is 0 Å². The predicted molar refractivity (Wildman–Crippen MR) is 82.0 cm³/mol. The lowest BCUT2D eigenvalue weighted by atomic mass is 10.1. The van der Waals surface area contributed by atoms with Crippen LogP contribution >= 0.6 is 0 Å². The molecule has 5 nitrogen and oxygen atoms in total. The van der Waals surface area contributed by atoms with E-state index in [1.54, 1.807) is 18.5 Å². The van der Waals surface area contributed by atoms with Gasteiger partial charge in [-0.05, 0) is 31.2 Å². The van der Waals surface area contributed by atoms with Crippen molar-refractivity contribution in [1.29, 1.82) is 0 Å². The van der Waals surface area contributed by atoms with Crippen LogP contribution in [0.15, 0.2) is 42.9 Å². The van der Waals surface area contributed by atoms with E-state index in [-0.39, 0.29) is 5.91 Å². The molecular formula is C16H16N4O. The number of nitrogens with zero attached hydrogens (tertiary/aromatic N) is 3. The molecule has 3 heterocycles. The third-order valence-corrected chi connectivity index (χ3v) is 3.41. The first-order valence-corrected chi connectivity index (χ1v) is 6.85. The lowest BCUT2D eigenvalue weighted by Gasteiger charge is -2.05. The van der Waals surface area contributed by atoms with Crippen molar-refractivity contribution in [2.75, 3.05) is 6.54 Å². The number of nitrogens with one attached hydrogen (secondary N) is 1. The van der Waals surface area contributed by atoms with E-state index < -0.39 is 0 Å². The van der Waals surface area contributed by atoms with Gasteiger partial charge in [-0.25, -0.2) is 4.98 Å². The predicted octanol–water partition coefficient (Wildman–Crippen LogP) is 2.39. The summed E-state index contributed by atoms with van der Waals surface area (Å²) in [7, 11) is 1.96. The minimum absolute atomic E-state index is 0.101. The zero-order valence-electron chi connectivity index (χ0n) is 12.0. The monoisotopic (exact) mass is 280 g/mol. The summed E-state index contributed by atoms with van der Waals surface area (Å²) in [6, 6.07) is 7.63. The SMILES string of the molecule is CCNC(=O)c1ccc(-c2ccnc3c2ccn3C)nc1. The van der Waals surface area contributed by atoms with Crippen LogP contribution in [0.4, 0.5) is 0 Å². The minimum atomic E-state index is -0.101. The molecule has 0 radical (unpaired) electrons. The normalized spacial score (nSPS) is 10.8. The summed E-state index contributed by atoms with van der Waals surface area (Å²) in [4.78, 5) is 20.5. The zero-order valence-corrected chi connectivity index (χ0v) is 12.0. The molecule has 0 saturated heterocycles. The Morgan fingerprint density at radius 3 is 2.81 bits per heavy atom. The first-order valence-electron chi connectivity index (χ1n) is 6.85. The van der Waals surface area contributed by atoms with E-state index in [4.69, 9.17) is 0 Å². The molecule has 0 atom stereocenters. The Kier molecular flexibility index (Phi) is 3.39. The topological polar surface area (TPSA) is 59.8 Å². The Hall–Kier alpha value is -2.69. The van der Waals surface area contributed by atoms with Gasteiger partial charge in [0.25, 0.3) is 5.91 Å². The summed E-state index contributed by atoms with van der Waals surface area (Å²) >= 11 is 0. The number of hydrogen-bond donors (Lipinski definition) is 1. The van der Waals surface area contributed by atoms with Crippen molar-refractivity contribution in [3.8, 4) is 11.3 Å². The van der Waals surface area contributed by atoms with E-state index in [9.17, 15) is 4.79 Å². The van der Waals surface area contributed by atoms with Gasteiger partial charge in [0.2, 0.25) is 0 Å². The molecule has 5 heteroatoms. The van der Waals surface area contributed by atoms with Gasteiger partial charge in [0.1, 0.15) is 5.65 Å². The highest BCUT2D eigenvalue weighted by Crippen LogP contribution is 2.26. The van der Waals surface area contributed by atoms with Gasteiger partial charge in [0, 0.05) is 43.1 Å².